The van der Waals surface area contributed by atoms with Crippen LogP contribution in [0.1, 0.15) is 29.6 Å². The van der Waals surface area contributed by atoms with Crippen LogP contribution in [0.15, 0.2) is 53.3 Å². The first kappa shape index (κ1) is 16.0. The maximum atomic E-state index is 14.4. The van der Waals surface area contributed by atoms with Crippen molar-refractivity contribution in [2.45, 2.75) is 18.5 Å². The van der Waals surface area contributed by atoms with E-state index in [1.165, 1.54) is 16.0 Å². The van der Waals surface area contributed by atoms with E-state index in [1.54, 1.807) is 10.7 Å². The number of nitrogens with one attached hydrogen (secondary N) is 1. The number of aromatic nitrogens is 3. The minimum Gasteiger partial charge on any atom is -0.348 e. The van der Waals surface area contributed by atoms with Crippen LogP contribution in [0.5, 0.6) is 0 Å². The highest BCUT2D eigenvalue weighted by Crippen LogP contribution is 2.38. The summed E-state index contributed by atoms with van der Waals surface area (Å²) in [7, 11) is 0. The lowest BCUT2D eigenvalue weighted by Gasteiger charge is -2.32. The molecule has 0 unspecified atom stereocenters. The summed E-state index contributed by atoms with van der Waals surface area (Å²) >= 11 is 5.72. The third-order valence-corrected chi connectivity index (χ3v) is 5.43. The van der Waals surface area contributed by atoms with Gasteiger partial charge in [0.25, 0.3) is 0 Å². The molecule has 0 amide bonds. The summed E-state index contributed by atoms with van der Waals surface area (Å²) in [5.41, 5.74) is 1.78. The van der Waals surface area contributed by atoms with Crippen molar-refractivity contribution >= 4 is 44.5 Å². The summed E-state index contributed by atoms with van der Waals surface area (Å²) in [4.78, 5) is 4.28. The quantitative estimate of drug-likeness (QED) is 0.509. The van der Waals surface area contributed by atoms with Crippen molar-refractivity contribution in [3.8, 4) is 0 Å². The van der Waals surface area contributed by atoms with Crippen LogP contribution in [-0.2, 0) is 0 Å². The maximum Gasteiger partial charge on any atom is 0.222 e. The van der Waals surface area contributed by atoms with Crippen LogP contribution < -0.4 is 5.32 Å². The smallest absolute Gasteiger partial charge is 0.222 e. The Hall–Kier alpha value is -1.48. The number of hydrogen-bond acceptors (Lipinski definition) is 3. The number of benzene rings is 2. The number of nitrogens with zero attached hydrogens (tertiary/aromatic N) is 3. The highest BCUT2D eigenvalue weighted by molar-refractivity contribution is 14.1. The Bertz CT molecular complexity index is 881. The molecule has 3 aromatic rings. The fraction of sp³-hybridized carbons (Fsp3) is 0.176. The number of rotatable bonds is 2. The van der Waals surface area contributed by atoms with Crippen molar-refractivity contribution in [2.75, 3.05) is 5.32 Å². The predicted molar refractivity (Wildman–Crippen MR) is 102 cm³/mol. The van der Waals surface area contributed by atoms with Crippen LogP contribution in [0, 0.1) is 9.39 Å². The molecule has 2 heterocycles. The van der Waals surface area contributed by atoms with Gasteiger partial charge in [0.05, 0.1) is 12.1 Å². The molecule has 0 spiro atoms. The third kappa shape index (κ3) is 2.95. The Labute approximate surface area is 160 Å². The van der Waals surface area contributed by atoms with Crippen molar-refractivity contribution < 1.29 is 4.39 Å². The van der Waals surface area contributed by atoms with E-state index in [9.17, 15) is 4.39 Å². The predicted octanol–water partition coefficient (Wildman–Crippen LogP) is 4.93. The molecular weight excluding hydrogens is 486 g/mol. The van der Waals surface area contributed by atoms with E-state index >= 15 is 0 Å². The molecule has 0 aliphatic carbocycles. The van der Waals surface area contributed by atoms with E-state index in [0.717, 1.165) is 10.0 Å². The summed E-state index contributed by atoms with van der Waals surface area (Å²) in [6, 6.07) is 13.2. The van der Waals surface area contributed by atoms with Gasteiger partial charge in [-0.25, -0.2) is 9.07 Å². The largest absolute Gasteiger partial charge is 0.348 e. The van der Waals surface area contributed by atoms with Crippen molar-refractivity contribution in [3.05, 3.63) is 73.8 Å². The minimum atomic E-state index is -0.229. The highest BCUT2D eigenvalue weighted by Gasteiger charge is 2.31. The van der Waals surface area contributed by atoms with Gasteiger partial charge in [-0.1, -0.05) is 28.1 Å². The van der Waals surface area contributed by atoms with E-state index in [0.29, 0.717) is 17.9 Å². The molecule has 1 aromatic heterocycles. The first-order valence-corrected chi connectivity index (χ1v) is 9.35. The lowest BCUT2D eigenvalue weighted by molar-refractivity contribution is 0.415. The lowest BCUT2D eigenvalue weighted by Crippen LogP contribution is -2.28. The molecule has 1 N–H and O–H groups in total. The van der Waals surface area contributed by atoms with Gasteiger partial charge in [0, 0.05) is 13.6 Å². The first-order valence-electron chi connectivity index (χ1n) is 7.48. The summed E-state index contributed by atoms with van der Waals surface area (Å²) in [6.07, 6.45) is 2.20. The zero-order valence-corrected chi connectivity index (χ0v) is 16.2. The molecular formula is C17H13BrFIN4. The zero-order valence-electron chi connectivity index (χ0n) is 12.5. The second kappa shape index (κ2) is 6.44. The molecule has 0 saturated carbocycles. The average molecular weight is 499 g/mol. The topological polar surface area (TPSA) is 42.7 Å². The Morgan fingerprint density at radius 3 is 2.79 bits per heavy atom. The van der Waals surface area contributed by atoms with Crippen molar-refractivity contribution in [1.82, 2.24) is 14.8 Å². The number of halogens is 3. The summed E-state index contributed by atoms with van der Waals surface area (Å²) in [5.74, 6) is 0.432. The van der Waals surface area contributed by atoms with Crippen molar-refractivity contribution in [2.24, 2.45) is 0 Å². The molecule has 0 bridgehead atoms. The molecule has 122 valence electrons. The van der Waals surface area contributed by atoms with Gasteiger partial charge in [-0.15, -0.1) is 0 Å². The molecule has 0 fully saturated rings. The average Bonchev–Trinajstić information content (AvgIpc) is 3.05. The highest BCUT2D eigenvalue weighted by atomic mass is 127. The Kier molecular flexibility index (Phi) is 4.29. The second-order valence-electron chi connectivity index (χ2n) is 5.69. The lowest BCUT2D eigenvalue weighted by atomic mass is 9.93. The fourth-order valence-electron chi connectivity index (χ4n) is 3.06. The Balaban J connectivity index is 1.76. The first-order chi connectivity index (χ1) is 11.6. The van der Waals surface area contributed by atoms with E-state index in [-0.39, 0.29) is 17.9 Å². The van der Waals surface area contributed by atoms with Gasteiger partial charge in [-0.3, -0.25) is 0 Å². The van der Waals surface area contributed by atoms with Gasteiger partial charge in [0.2, 0.25) is 5.95 Å². The molecule has 4 rings (SSSR count). The van der Waals surface area contributed by atoms with Gasteiger partial charge in [0.1, 0.15) is 12.1 Å². The van der Waals surface area contributed by atoms with Crippen LogP contribution in [0.3, 0.4) is 0 Å². The van der Waals surface area contributed by atoms with Crippen LogP contribution in [0.2, 0.25) is 0 Å². The standard InChI is InChI=1S/C17H13BrFIN4/c18-11-3-6-14(19)13(7-11)16-8-15(10-1-4-12(20)5-2-10)23-17-21-9-22-24(16)17/h1-7,9,15-16H,8H2,(H,21,22,23)/t15-,16+/m0/s1. The zero-order chi connectivity index (χ0) is 16.7. The van der Waals surface area contributed by atoms with E-state index < -0.39 is 0 Å². The molecule has 0 radical (unpaired) electrons. The molecule has 1 aliphatic rings. The number of hydrogen-bond donors (Lipinski definition) is 1. The van der Waals surface area contributed by atoms with Crippen LogP contribution in [0.25, 0.3) is 0 Å². The van der Waals surface area contributed by atoms with Gasteiger partial charge in [0.15, 0.2) is 0 Å². The van der Waals surface area contributed by atoms with Crippen molar-refractivity contribution in [1.29, 1.82) is 0 Å². The molecule has 4 nitrogen and oxygen atoms in total. The molecule has 1 aliphatic heterocycles. The van der Waals surface area contributed by atoms with Crippen LogP contribution in [0.4, 0.5) is 10.3 Å². The monoisotopic (exact) mass is 498 g/mol. The molecule has 0 saturated heterocycles. The number of anilines is 1. The minimum absolute atomic E-state index is 0.0575. The number of fused-ring (bicyclic) bond motifs is 1. The fourth-order valence-corrected chi connectivity index (χ4v) is 3.80. The summed E-state index contributed by atoms with van der Waals surface area (Å²) in [6.45, 7) is 0. The van der Waals surface area contributed by atoms with Crippen LogP contribution in [-0.4, -0.2) is 14.8 Å². The SMILES string of the molecule is Fc1ccc(Br)cc1[C@H]1C[C@@H](c2ccc(I)cc2)Nc2ncnn21. The van der Waals surface area contributed by atoms with E-state index in [4.69, 9.17) is 0 Å². The molecule has 2 aromatic carbocycles. The van der Waals surface area contributed by atoms with Gasteiger partial charge >= 0.3 is 0 Å². The summed E-state index contributed by atoms with van der Waals surface area (Å²) in [5, 5.41) is 7.69. The Morgan fingerprint density at radius 2 is 2.00 bits per heavy atom. The normalized spacial score (nSPS) is 19.6. The third-order valence-electron chi connectivity index (χ3n) is 4.22. The molecule has 2 atom stereocenters. The Morgan fingerprint density at radius 1 is 1.21 bits per heavy atom. The van der Waals surface area contributed by atoms with E-state index in [1.807, 2.05) is 6.07 Å². The van der Waals surface area contributed by atoms with Gasteiger partial charge < -0.3 is 5.32 Å². The van der Waals surface area contributed by atoms with E-state index in [2.05, 4.69) is 78.2 Å². The van der Waals surface area contributed by atoms with Crippen LogP contribution >= 0.6 is 38.5 Å². The summed E-state index contributed by atoms with van der Waals surface area (Å²) < 4.78 is 18.2. The van der Waals surface area contributed by atoms with Crippen molar-refractivity contribution in [3.63, 3.8) is 0 Å². The molecule has 24 heavy (non-hydrogen) atoms. The van der Waals surface area contributed by atoms with Gasteiger partial charge in [-0.2, -0.15) is 10.1 Å². The molecule has 7 heteroatoms. The van der Waals surface area contributed by atoms with Gasteiger partial charge in [-0.05, 0) is 64.9 Å². The maximum absolute atomic E-state index is 14.4. The second-order valence-corrected chi connectivity index (χ2v) is 7.86.